The summed E-state index contributed by atoms with van der Waals surface area (Å²) in [7, 11) is 0. The van der Waals surface area contributed by atoms with Gasteiger partial charge in [-0.2, -0.15) is 0 Å². The highest BCUT2D eigenvalue weighted by Gasteiger charge is 2.11. The Hall–Kier alpha value is -1.32. The van der Waals surface area contributed by atoms with E-state index in [1.165, 1.54) is 10.9 Å². The van der Waals surface area contributed by atoms with E-state index in [0.29, 0.717) is 5.92 Å². The van der Waals surface area contributed by atoms with E-state index in [0.717, 1.165) is 12.1 Å². The van der Waals surface area contributed by atoms with Crippen LogP contribution in [0.15, 0.2) is 30.5 Å². The molecule has 0 fully saturated rings. The first-order chi connectivity index (χ1) is 8.22. The molecule has 0 spiro atoms. The topological polar surface area (TPSA) is 48.0 Å². The van der Waals surface area contributed by atoms with Crippen LogP contribution in [0.3, 0.4) is 0 Å². The van der Waals surface area contributed by atoms with Crippen molar-refractivity contribution in [1.82, 2.24) is 10.3 Å². The van der Waals surface area contributed by atoms with Crippen molar-refractivity contribution in [1.29, 1.82) is 0 Å². The minimum absolute atomic E-state index is 0.157. The van der Waals surface area contributed by atoms with Crippen molar-refractivity contribution in [3.05, 3.63) is 36.0 Å². The van der Waals surface area contributed by atoms with E-state index < -0.39 is 0 Å². The summed E-state index contributed by atoms with van der Waals surface area (Å²) in [4.78, 5) is 3.21. The number of benzene rings is 1. The molecule has 0 unspecified atom stereocenters. The summed E-state index contributed by atoms with van der Waals surface area (Å²) in [6.07, 6.45) is 1.96. The summed E-state index contributed by atoms with van der Waals surface area (Å²) in [5.74, 6) is 0.436. The second-order valence-corrected chi connectivity index (χ2v) is 4.77. The molecule has 3 N–H and O–H groups in total. The Morgan fingerprint density at radius 1 is 1.29 bits per heavy atom. The van der Waals surface area contributed by atoms with Gasteiger partial charge < -0.3 is 15.4 Å². The van der Waals surface area contributed by atoms with Crippen LogP contribution in [0, 0.1) is 5.92 Å². The number of aromatic amines is 1. The summed E-state index contributed by atoms with van der Waals surface area (Å²) in [6.45, 7) is 5.20. The summed E-state index contributed by atoms with van der Waals surface area (Å²) >= 11 is 0. The van der Waals surface area contributed by atoms with E-state index in [1.54, 1.807) is 0 Å². The SMILES string of the molecule is CC(C)[C@@H](CO)NCc1cccc2[nH]ccc12. The Morgan fingerprint density at radius 3 is 2.82 bits per heavy atom. The Bertz CT molecular complexity index is 476. The van der Waals surface area contributed by atoms with Crippen molar-refractivity contribution in [3.8, 4) is 0 Å². The highest BCUT2D eigenvalue weighted by atomic mass is 16.3. The predicted molar refractivity (Wildman–Crippen MR) is 70.9 cm³/mol. The van der Waals surface area contributed by atoms with Crippen LogP contribution in [-0.2, 0) is 6.54 Å². The molecule has 1 aromatic carbocycles. The van der Waals surface area contributed by atoms with E-state index in [9.17, 15) is 5.11 Å². The van der Waals surface area contributed by atoms with Gasteiger partial charge in [0.05, 0.1) is 6.61 Å². The molecule has 0 aliphatic rings. The molecule has 0 saturated carbocycles. The number of aliphatic hydroxyl groups excluding tert-OH is 1. The molecule has 1 heterocycles. The lowest BCUT2D eigenvalue weighted by molar-refractivity contribution is 0.210. The third-order valence-corrected chi connectivity index (χ3v) is 3.24. The van der Waals surface area contributed by atoms with Crippen LogP contribution in [0.5, 0.6) is 0 Å². The molecule has 0 saturated heterocycles. The van der Waals surface area contributed by atoms with Crippen LogP contribution >= 0.6 is 0 Å². The largest absolute Gasteiger partial charge is 0.395 e. The number of aliphatic hydroxyl groups is 1. The molecular formula is C14H20N2O. The molecule has 1 aromatic heterocycles. The number of nitrogens with one attached hydrogen (secondary N) is 2. The zero-order valence-electron chi connectivity index (χ0n) is 10.4. The van der Waals surface area contributed by atoms with Gasteiger partial charge in [0.15, 0.2) is 0 Å². The van der Waals surface area contributed by atoms with Gasteiger partial charge in [-0.3, -0.25) is 0 Å². The number of aromatic nitrogens is 1. The minimum atomic E-state index is 0.157. The van der Waals surface area contributed by atoms with Crippen molar-refractivity contribution in [2.75, 3.05) is 6.61 Å². The van der Waals surface area contributed by atoms with Gasteiger partial charge in [0, 0.05) is 29.7 Å². The summed E-state index contributed by atoms with van der Waals surface area (Å²) < 4.78 is 0. The molecule has 3 heteroatoms. The number of H-pyrrole nitrogens is 1. The Morgan fingerprint density at radius 2 is 2.12 bits per heavy atom. The molecule has 17 heavy (non-hydrogen) atoms. The van der Waals surface area contributed by atoms with Gasteiger partial charge in [-0.15, -0.1) is 0 Å². The van der Waals surface area contributed by atoms with Gasteiger partial charge in [0.1, 0.15) is 0 Å². The van der Waals surface area contributed by atoms with Gasteiger partial charge in [-0.1, -0.05) is 26.0 Å². The fourth-order valence-electron chi connectivity index (χ4n) is 2.06. The van der Waals surface area contributed by atoms with Crippen LogP contribution in [0.4, 0.5) is 0 Å². The smallest absolute Gasteiger partial charge is 0.0587 e. The van der Waals surface area contributed by atoms with Crippen molar-refractivity contribution in [3.63, 3.8) is 0 Å². The molecule has 0 bridgehead atoms. The maximum atomic E-state index is 9.28. The summed E-state index contributed by atoms with van der Waals surface area (Å²) in [6, 6.07) is 8.50. The minimum Gasteiger partial charge on any atom is -0.395 e. The Balaban J connectivity index is 2.10. The molecule has 0 amide bonds. The highest BCUT2D eigenvalue weighted by Crippen LogP contribution is 2.17. The van der Waals surface area contributed by atoms with Gasteiger partial charge in [0.2, 0.25) is 0 Å². The fraction of sp³-hybridized carbons (Fsp3) is 0.429. The van der Waals surface area contributed by atoms with E-state index in [-0.39, 0.29) is 12.6 Å². The van der Waals surface area contributed by atoms with Crippen molar-refractivity contribution in [2.24, 2.45) is 5.92 Å². The first-order valence-electron chi connectivity index (χ1n) is 6.11. The van der Waals surface area contributed by atoms with Crippen LogP contribution in [0.25, 0.3) is 10.9 Å². The maximum absolute atomic E-state index is 9.28. The maximum Gasteiger partial charge on any atom is 0.0587 e. The predicted octanol–water partition coefficient (Wildman–Crippen LogP) is 2.27. The number of rotatable bonds is 5. The Kier molecular flexibility index (Phi) is 3.82. The van der Waals surface area contributed by atoms with E-state index in [2.05, 4.69) is 48.4 Å². The molecule has 3 nitrogen and oxygen atoms in total. The molecule has 0 aliphatic heterocycles. The fourth-order valence-corrected chi connectivity index (χ4v) is 2.06. The quantitative estimate of drug-likeness (QED) is 0.740. The van der Waals surface area contributed by atoms with Crippen LogP contribution < -0.4 is 5.32 Å². The lowest BCUT2D eigenvalue weighted by Gasteiger charge is -2.20. The van der Waals surface area contributed by atoms with Crippen LogP contribution in [0.2, 0.25) is 0 Å². The van der Waals surface area contributed by atoms with E-state index in [1.807, 2.05) is 6.20 Å². The van der Waals surface area contributed by atoms with Gasteiger partial charge in [-0.25, -0.2) is 0 Å². The monoisotopic (exact) mass is 232 g/mol. The Labute approximate surface area is 102 Å². The molecule has 2 rings (SSSR count). The number of hydrogen-bond acceptors (Lipinski definition) is 2. The molecule has 92 valence electrons. The number of fused-ring (bicyclic) bond motifs is 1. The average Bonchev–Trinajstić information content (AvgIpc) is 2.78. The van der Waals surface area contributed by atoms with Gasteiger partial charge in [0.25, 0.3) is 0 Å². The van der Waals surface area contributed by atoms with Crippen molar-refractivity contribution >= 4 is 10.9 Å². The van der Waals surface area contributed by atoms with E-state index in [4.69, 9.17) is 0 Å². The van der Waals surface area contributed by atoms with Gasteiger partial charge in [-0.05, 0) is 23.6 Å². The zero-order valence-corrected chi connectivity index (χ0v) is 10.4. The van der Waals surface area contributed by atoms with E-state index >= 15 is 0 Å². The highest BCUT2D eigenvalue weighted by molar-refractivity contribution is 5.82. The average molecular weight is 232 g/mol. The number of hydrogen-bond donors (Lipinski definition) is 3. The standard InChI is InChI=1S/C14H20N2O/c1-10(2)14(9-17)16-8-11-4-3-5-13-12(11)6-7-15-13/h3-7,10,14-17H,8-9H2,1-2H3/t14-/m1/s1. The molecule has 0 aliphatic carbocycles. The normalized spacial score (nSPS) is 13.4. The molecule has 0 radical (unpaired) electrons. The molecule has 1 atom stereocenters. The van der Waals surface area contributed by atoms with Gasteiger partial charge >= 0.3 is 0 Å². The summed E-state index contributed by atoms with van der Waals surface area (Å²) in [5.41, 5.74) is 2.43. The third kappa shape index (κ3) is 2.68. The lowest BCUT2D eigenvalue weighted by Crippen LogP contribution is -2.36. The zero-order chi connectivity index (χ0) is 12.3. The second kappa shape index (κ2) is 5.34. The first kappa shape index (κ1) is 12.1. The summed E-state index contributed by atoms with van der Waals surface area (Å²) in [5, 5.41) is 13.9. The second-order valence-electron chi connectivity index (χ2n) is 4.77. The van der Waals surface area contributed by atoms with Crippen molar-refractivity contribution in [2.45, 2.75) is 26.4 Å². The van der Waals surface area contributed by atoms with Crippen LogP contribution in [0.1, 0.15) is 19.4 Å². The first-order valence-corrected chi connectivity index (χ1v) is 6.11. The third-order valence-electron chi connectivity index (χ3n) is 3.24. The lowest BCUT2D eigenvalue weighted by atomic mass is 10.0. The molecular weight excluding hydrogens is 212 g/mol. The van der Waals surface area contributed by atoms with Crippen molar-refractivity contribution < 1.29 is 5.11 Å². The molecule has 2 aromatic rings. The van der Waals surface area contributed by atoms with Crippen LogP contribution in [-0.4, -0.2) is 22.7 Å².